The third-order valence-corrected chi connectivity index (χ3v) is 5.46. The highest BCUT2D eigenvalue weighted by molar-refractivity contribution is 7.89. The Hall–Kier alpha value is -1.15. The van der Waals surface area contributed by atoms with Crippen LogP contribution in [0.15, 0.2) is 23.1 Å². The predicted molar refractivity (Wildman–Crippen MR) is 109 cm³/mol. The maximum Gasteiger partial charge on any atom is 0.241 e. The zero-order valence-corrected chi connectivity index (χ0v) is 17.7. The molecule has 0 radical (unpaired) electrons. The average Bonchev–Trinajstić information content (AvgIpc) is 2.46. The first-order chi connectivity index (χ1) is 11.5. The summed E-state index contributed by atoms with van der Waals surface area (Å²) < 4.78 is 27.7. The summed E-state index contributed by atoms with van der Waals surface area (Å²) in [5.74, 6) is -0.108. The SMILES string of the molecule is Cc1ccc(NC(=O)CCCCCCN)cc1S(=O)(=O)NC(C)(C)C.Cl. The molecule has 1 amide bonds. The standard InChI is InChI=1S/C18H31N3O3S.ClH/c1-14-10-11-15(20-17(22)9-7-5-6-8-12-19)13-16(14)25(23,24)21-18(2,3)4;/h10-11,13,21H,5-9,12,19H2,1-4H3,(H,20,22);1H. The first-order valence-electron chi connectivity index (χ1n) is 8.70. The van der Waals surface area contributed by atoms with Gasteiger partial charge in [-0.05, 0) is 64.8 Å². The van der Waals surface area contributed by atoms with Crippen molar-refractivity contribution in [3.05, 3.63) is 23.8 Å². The molecule has 0 aliphatic rings. The van der Waals surface area contributed by atoms with Crippen LogP contribution in [-0.4, -0.2) is 26.4 Å². The quantitative estimate of drug-likeness (QED) is 0.548. The molecule has 0 fully saturated rings. The molecule has 0 heterocycles. The Balaban J connectivity index is 0.00000625. The van der Waals surface area contributed by atoms with Crippen LogP contribution in [0.3, 0.4) is 0 Å². The van der Waals surface area contributed by atoms with Gasteiger partial charge in [0, 0.05) is 17.6 Å². The number of amides is 1. The van der Waals surface area contributed by atoms with Crippen LogP contribution in [0.5, 0.6) is 0 Å². The molecule has 26 heavy (non-hydrogen) atoms. The molecule has 0 aliphatic carbocycles. The Morgan fingerprint density at radius 1 is 1.12 bits per heavy atom. The van der Waals surface area contributed by atoms with Crippen molar-refractivity contribution in [2.75, 3.05) is 11.9 Å². The second kappa shape index (κ2) is 10.9. The van der Waals surface area contributed by atoms with E-state index in [1.54, 1.807) is 39.8 Å². The molecule has 0 atom stereocenters. The molecule has 0 aromatic heterocycles. The maximum absolute atomic E-state index is 12.5. The molecule has 0 bridgehead atoms. The zero-order valence-electron chi connectivity index (χ0n) is 16.1. The van der Waals surface area contributed by atoms with Crippen molar-refractivity contribution in [3.63, 3.8) is 0 Å². The third kappa shape index (κ3) is 8.98. The fourth-order valence-corrected chi connectivity index (χ4v) is 4.12. The highest BCUT2D eigenvalue weighted by Gasteiger charge is 2.24. The minimum Gasteiger partial charge on any atom is -0.330 e. The molecule has 0 saturated carbocycles. The van der Waals surface area contributed by atoms with Crippen LogP contribution in [-0.2, 0) is 14.8 Å². The van der Waals surface area contributed by atoms with E-state index in [1.165, 1.54) is 6.07 Å². The summed E-state index contributed by atoms with van der Waals surface area (Å²) in [5, 5.41) is 2.78. The molecular formula is C18H32ClN3O3S. The molecule has 0 unspecified atom stereocenters. The van der Waals surface area contributed by atoms with Gasteiger partial charge in [0.15, 0.2) is 0 Å². The van der Waals surface area contributed by atoms with Crippen LogP contribution in [0.25, 0.3) is 0 Å². The molecule has 6 nitrogen and oxygen atoms in total. The molecule has 1 aromatic carbocycles. The topological polar surface area (TPSA) is 101 Å². The molecule has 0 aliphatic heterocycles. The number of nitrogens with two attached hydrogens (primary N) is 1. The molecule has 0 saturated heterocycles. The fraction of sp³-hybridized carbons (Fsp3) is 0.611. The number of sulfonamides is 1. The number of nitrogens with one attached hydrogen (secondary N) is 2. The van der Waals surface area contributed by atoms with Crippen LogP contribution in [0.4, 0.5) is 5.69 Å². The van der Waals surface area contributed by atoms with Gasteiger partial charge in [-0.1, -0.05) is 18.9 Å². The van der Waals surface area contributed by atoms with E-state index in [-0.39, 0.29) is 23.2 Å². The summed E-state index contributed by atoms with van der Waals surface area (Å²) in [6.45, 7) is 7.78. The lowest BCUT2D eigenvalue weighted by molar-refractivity contribution is -0.116. The van der Waals surface area contributed by atoms with Gasteiger partial charge in [0.25, 0.3) is 0 Å². The summed E-state index contributed by atoms with van der Waals surface area (Å²) in [6.07, 6.45) is 4.18. The van der Waals surface area contributed by atoms with E-state index in [2.05, 4.69) is 10.0 Å². The van der Waals surface area contributed by atoms with E-state index >= 15 is 0 Å². The molecule has 8 heteroatoms. The Morgan fingerprint density at radius 3 is 2.31 bits per heavy atom. The lowest BCUT2D eigenvalue weighted by Gasteiger charge is -2.21. The minimum atomic E-state index is -3.65. The highest BCUT2D eigenvalue weighted by atomic mass is 35.5. The van der Waals surface area contributed by atoms with Crippen molar-refractivity contribution in [1.82, 2.24) is 4.72 Å². The number of carbonyl (C=O) groups is 1. The fourth-order valence-electron chi connectivity index (χ4n) is 2.43. The molecule has 1 aromatic rings. The van der Waals surface area contributed by atoms with Crippen LogP contribution >= 0.6 is 12.4 Å². The number of rotatable bonds is 9. The lowest BCUT2D eigenvalue weighted by Crippen LogP contribution is -2.40. The summed E-state index contributed by atoms with van der Waals surface area (Å²) in [5.41, 5.74) is 5.99. The summed E-state index contributed by atoms with van der Waals surface area (Å²) in [7, 11) is -3.65. The van der Waals surface area contributed by atoms with Crippen molar-refractivity contribution in [3.8, 4) is 0 Å². The number of hydrogen-bond donors (Lipinski definition) is 3. The number of halogens is 1. The first-order valence-corrected chi connectivity index (χ1v) is 10.2. The second-order valence-corrected chi connectivity index (χ2v) is 8.99. The number of benzene rings is 1. The molecular weight excluding hydrogens is 374 g/mol. The Labute approximate surface area is 163 Å². The third-order valence-electron chi connectivity index (χ3n) is 3.56. The number of unbranched alkanes of at least 4 members (excludes halogenated alkanes) is 3. The van der Waals surface area contributed by atoms with Gasteiger partial charge in [0.05, 0.1) is 4.90 Å². The molecule has 1 rings (SSSR count). The Bertz CT molecular complexity index is 685. The second-order valence-electron chi connectivity index (χ2n) is 7.34. The smallest absolute Gasteiger partial charge is 0.241 e. The van der Waals surface area contributed by atoms with E-state index in [9.17, 15) is 13.2 Å². The first kappa shape index (κ1) is 24.8. The van der Waals surface area contributed by atoms with Crippen LogP contribution in [0.1, 0.15) is 58.4 Å². The van der Waals surface area contributed by atoms with Crippen molar-refractivity contribution in [1.29, 1.82) is 0 Å². The monoisotopic (exact) mass is 405 g/mol. The number of hydrogen-bond acceptors (Lipinski definition) is 4. The number of carbonyl (C=O) groups excluding carboxylic acids is 1. The van der Waals surface area contributed by atoms with Gasteiger partial charge in [-0.3, -0.25) is 4.79 Å². The van der Waals surface area contributed by atoms with E-state index in [0.29, 0.717) is 24.2 Å². The normalized spacial score (nSPS) is 11.7. The molecule has 4 N–H and O–H groups in total. The van der Waals surface area contributed by atoms with Gasteiger partial charge < -0.3 is 11.1 Å². The lowest BCUT2D eigenvalue weighted by atomic mass is 10.1. The highest BCUT2D eigenvalue weighted by Crippen LogP contribution is 2.22. The summed E-state index contributed by atoms with van der Waals surface area (Å²) in [6, 6.07) is 4.93. The number of aryl methyl sites for hydroxylation is 1. The summed E-state index contributed by atoms with van der Waals surface area (Å²) in [4.78, 5) is 12.2. The zero-order chi connectivity index (χ0) is 19.1. The summed E-state index contributed by atoms with van der Waals surface area (Å²) >= 11 is 0. The maximum atomic E-state index is 12.5. The van der Waals surface area contributed by atoms with Crippen molar-refractivity contribution >= 4 is 34.0 Å². The van der Waals surface area contributed by atoms with Crippen molar-refractivity contribution < 1.29 is 13.2 Å². The van der Waals surface area contributed by atoms with E-state index in [1.807, 2.05) is 0 Å². The van der Waals surface area contributed by atoms with E-state index < -0.39 is 15.6 Å². The van der Waals surface area contributed by atoms with E-state index in [4.69, 9.17) is 5.73 Å². The van der Waals surface area contributed by atoms with Gasteiger partial charge in [-0.15, -0.1) is 12.4 Å². The van der Waals surface area contributed by atoms with Crippen LogP contribution in [0, 0.1) is 6.92 Å². The number of anilines is 1. The van der Waals surface area contributed by atoms with E-state index in [0.717, 1.165) is 25.7 Å². The van der Waals surface area contributed by atoms with Crippen LogP contribution in [0.2, 0.25) is 0 Å². The van der Waals surface area contributed by atoms with Gasteiger partial charge in [-0.25, -0.2) is 13.1 Å². The Kier molecular flexibility index (Phi) is 10.4. The van der Waals surface area contributed by atoms with Crippen molar-refractivity contribution in [2.45, 2.75) is 70.2 Å². The molecule has 0 spiro atoms. The predicted octanol–water partition coefficient (Wildman–Crippen LogP) is 3.34. The van der Waals surface area contributed by atoms with Gasteiger partial charge in [0.1, 0.15) is 0 Å². The minimum absolute atomic E-state index is 0. The van der Waals surface area contributed by atoms with Gasteiger partial charge >= 0.3 is 0 Å². The van der Waals surface area contributed by atoms with Gasteiger partial charge in [0.2, 0.25) is 15.9 Å². The van der Waals surface area contributed by atoms with Gasteiger partial charge in [-0.2, -0.15) is 0 Å². The van der Waals surface area contributed by atoms with Crippen molar-refractivity contribution in [2.24, 2.45) is 5.73 Å². The largest absolute Gasteiger partial charge is 0.330 e. The molecule has 150 valence electrons. The average molecular weight is 406 g/mol. The Morgan fingerprint density at radius 2 is 1.73 bits per heavy atom. The van der Waals surface area contributed by atoms with Crippen LogP contribution < -0.4 is 15.8 Å².